The SMILES string of the molecule is O=C1NC(=O)C2(Cc3cc([N+](=O)[O-])ccc3N3CCC[C@H]32)C(=O)N1. The topological polar surface area (TPSA) is 122 Å². The van der Waals surface area contributed by atoms with Crippen LogP contribution in [0.5, 0.6) is 0 Å². The molecule has 1 aromatic rings. The van der Waals surface area contributed by atoms with E-state index in [4.69, 9.17) is 0 Å². The van der Waals surface area contributed by atoms with Gasteiger partial charge in [-0.1, -0.05) is 0 Å². The summed E-state index contributed by atoms with van der Waals surface area (Å²) in [6.45, 7) is 0.658. The first-order chi connectivity index (χ1) is 11.4. The molecule has 0 radical (unpaired) electrons. The fourth-order valence-corrected chi connectivity index (χ4v) is 4.12. The summed E-state index contributed by atoms with van der Waals surface area (Å²) in [5.41, 5.74) is -0.144. The van der Waals surface area contributed by atoms with E-state index in [1.54, 1.807) is 6.07 Å². The Balaban J connectivity index is 1.87. The van der Waals surface area contributed by atoms with E-state index in [1.165, 1.54) is 12.1 Å². The zero-order chi connectivity index (χ0) is 17.1. The second kappa shape index (κ2) is 4.76. The molecule has 124 valence electrons. The maximum absolute atomic E-state index is 12.6. The smallest absolute Gasteiger partial charge is 0.328 e. The number of nitrogens with one attached hydrogen (secondary N) is 2. The monoisotopic (exact) mass is 330 g/mol. The fourth-order valence-electron chi connectivity index (χ4n) is 4.12. The Morgan fingerprint density at radius 3 is 2.58 bits per heavy atom. The highest BCUT2D eigenvalue weighted by atomic mass is 16.6. The van der Waals surface area contributed by atoms with Gasteiger partial charge in [0.05, 0.1) is 11.0 Å². The number of benzene rings is 1. The molecule has 1 aromatic carbocycles. The summed E-state index contributed by atoms with van der Waals surface area (Å²) in [6.07, 6.45) is 1.49. The summed E-state index contributed by atoms with van der Waals surface area (Å²) >= 11 is 0. The summed E-state index contributed by atoms with van der Waals surface area (Å²) in [5.74, 6) is -1.27. The van der Waals surface area contributed by atoms with Gasteiger partial charge in [-0.05, 0) is 24.5 Å². The number of nitro groups is 1. The molecule has 3 aliphatic heterocycles. The van der Waals surface area contributed by atoms with Crippen LogP contribution in [0.4, 0.5) is 16.2 Å². The number of hydrogen-bond donors (Lipinski definition) is 2. The van der Waals surface area contributed by atoms with E-state index >= 15 is 0 Å². The van der Waals surface area contributed by atoms with E-state index in [1.807, 2.05) is 4.90 Å². The zero-order valence-electron chi connectivity index (χ0n) is 12.6. The Morgan fingerprint density at radius 1 is 1.21 bits per heavy atom. The number of barbiturate groups is 1. The van der Waals surface area contributed by atoms with E-state index in [2.05, 4.69) is 10.6 Å². The van der Waals surface area contributed by atoms with E-state index in [9.17, 15) is 24.5 Å². The summed E-state index contributed by atoms with van der Waals surface area (Å²) in [5, 5.41) is 15.4. The van der Waals surface area contributed by atoms with Crippen molar-refractivity contribution in [2.24, 2.45) is 5.41 Å². The normalized spacial score (nSPS) is 24.2. The Hall–Kier alpha value is -2.97. The van der Waals surface area contributed by atoms with Gasteiger partial charge in [-0.2, -0.15) is 0 Å². The molecule has 0 unspecified atom stereocenters. The highest BCUT2D eigenvalue weighted by molar-refractivity contribution is 6.20. The van der Waals surface area contributed by atoms with E-state index in [0.29, 0.717) is 18.5 Å². The molecule has 0 aliphatic carbocycles. The average molecular weight is 330 g/mol. The number of anilines is 1. The lowest BCUT2D eigenvalue weighted by atomic mass is 9.69. The minimum atomic E-state index is -1.44. The number of carbonyl (C=O) groups is 3. The minimum absolute atomic E-state index is 0.0378. The number of nitro benzene ring substituents is 1. The van der Waals surface area contributed by atoms with Crippen LogP contribution in [0, 0.1) is 15.5 Å². The quantitative estimate of drug-likeness (QED) is 0.438. The van der Waals surface area contributed by atoms with Gasteiger partial charge in [-0.3, -0.25) is 30.3 Å². The Morgan fingerprint density at radius 2 is 1.92 bits per heavy atom. The average Bonchev–Trinajstić information content (AvgIpc) is 3.01. The van der Waals surface area contributed by atoms with Crippen LogP contribution in [0.2, 0.25) is 0 Å². The highest BCUT2D eigenvalue weighted by Crippen LogP contribution is 2.47. The zero-order valence-corrected chi connectivity index (χ0v) is 12.6. The standard InChI is InChI=1S/C15H14N4O5/c20-12-15(13(21)17-14(22)16-12)7-8-6-9(19(23)24)3-4-10(8)18-5-1-2-11(15)18/h3-4,6,11H,1-2,5,7H2,(H2,16,17,20,21,22)/t11-/m0/s1. The van der Waals surface area contributed by atoms with Crippen molar-refractivity contribution in [2.45, 2.75) is 25.3 Å². The molecule has 0 aromatic heterocycles. The number of carbonyl (C=O) groups excluding carboxylic acids is 3. The molecular formula is C15H14N4O5. The van der Waals surface area contributed by atoms with Gasteiger partial charge in [-0.25, -0.2) is 4.79 Å². The van der Waals surface area contributed by atoms with Crippen LogP contribution in [0.1, 0.15) is 18.4 Å². The van der Waals surface area contributed by atoms with Crippen molar-refractivity contribution in [1.29, 1.82) is 0 Å². The number of imide groups is 2. The van der Waals surface area contributed by atoms with E-state index < -0.39 is 28.2 Å². The molecule has 9 heteroatoms. The van der Waals surface area contributed by atoms with Crippen LogP contribution in [-0.4, -0.2) is 35.4 Å². The van der Waals surface area contributed by atoms with Gasteiger partial charge in [-0.15, -0.1) is 0 Å². The van der Waals surface area contributed by atoms with Gasteiger partial charge in [0.2, 0.25) is 11.8 Å². The van der Waals surface area contributed by atoms with Crippen LogP contribution in [0.3, 0.4) is 0 Å². The van der Waals surface area contributed by atoms with Gasteiger partial charge in [0, 0.05) is 30.8 Å². The first kappa shape index (κ1) is 14.6. The molecule has 1 spiro atoms. The van der Waals surface area contributed by atoms with Crippen molar-refractivity contribution >= 4 is 29.2 Å². The Labute approximate surface area is 136 Å². The van der Waals surface area contributed by atoms with Crippen molar-refractivity contribution in [3.63, 3.8) is 0 Å². The third-order valence-electron chi connectivity index (χ3n) is 5.14. The molecule has 9 nitrogen and oxygen atoms in total. The summed E-state index contributed by atoms with van der Waals surface area (Å²) in [7, 11) is 0. The van der Waals surface area contributed by atoms with Crippen LogP contribution >= 0.6 is 0 Å². The van der Waals surface area contributed by atoms with Crippen LogP contribution in [-0.2, 0) is 16.0 Å². The second-order valence-electron chi connectivity index (χ2n) is 6.31. The number of amides is 4. The molecule has 0 bridgehead atoms. The van der Waals surface area contributed by atoms with Crippen molar-refractivity contribution in [3.8, 4) is 0 Å². The lowest BCUT2D eigenvalue weighted by molar-refractivity contribution is -0.384. The van der Waals surface area contributed by atoms with Crippen LogP contribution in [0.15, 0.2) is 18.2 Å². The molecule has 2 fully saturated rings. The lowest BCUT2D eigenvalue weighted by Gasteiger charge is -2.47. The van der Waals surface area contributed by atoms with E-state index in [0.717, 1.165) is 12.1 Å². The van der Waals surface area contributed by atoms with Crippen molar-refractivity contribution in [1.82, 2.24) is 10.6 Å². The third kappa shape index (κ3) is 1.78. The summed E-state index contributed by atoms with van der Waals surface area (Å²) in [6, 6.07) is 3.31. The van der Waals surface area contributed by atoms with Gasteiger partial charge < -0.3 is 4.90 Å². The van der Waals surface area contributed by atoms with Crippen LogP contribution in [0.25, 0.3) is 0 Å². The molecule has 0 saturated carbocycles. The third-order valence-corrected chi connectivity index (χ3v) is 5.14. The minimum Gasteiger partial charge on any atom is -0.367 e. The van der Waals surface area contributed by atoms with Gasteiger partial charge >= 0.3 is 6.03 Å². The summed E-state index contributed by atoms with van der Waals surface area (Å²) < 4.78 is 0. The number of nitrogens with zero attached hydrogens (tertiary/aromatic N) is 2. The van der Waals surface area contributed by atoms with Gasteiger partial charge in [0.15, 0.2) is 5.41 Å². The molecular weight excluding hydrogens is 316 g/mol. The molecule has 2 saturated heterocycles. The molecule has 2 N–H and O–H groups in total. The number of non-ortho nitro benzene ring substituents is 1. The molecule has 1 atom stereocenters. The first-order valence-electron chi connectivity index (χ1n) is 7.64. The highest BCUT2D eigenvalue weighted by Gasteiger charge is 2.60. The predicted octanol–water partition coefficient (Wildman–Crippen LogP) is 0.472. The second-order valence-corrected chi connectivity index (χ2v) is 6.31. The molecule has 4 amide bonds. The number of fused-ring (bicyclic) bond motifs is 4. The number of hydrogen-bond acceptors (Lipinski definition) is 6. The predicted molar refractivity (Wildman–Crippen MR) is 81.3 cm³/mol. The Kier molecular flexibility index (Phi) is 2.90. The molecule has 3 heterocycles. The van der Waals surface area contributed by atoms with Crippen molar-refractivity contribution in [3.05, 3.63) is 33.9 Å². The molecule has 3 aliphatic rings. The number of rotatable bonds is 1. The van der Waals surface area contributed by atoms with Crippen molar-refractivity contribution < 1.29 is 19.3 Å². The molecule has 4 rings (SSSR count). The van der Waals surface area contributed by atoms with E-state index in [-0.39, 0.29) is 18.2 Å². The maximum Gasteiger partial charge on any atom is 0.328 e. The molecule has 24 heavy (non-hydrogen) atoms. The van der Waals surface area contributed by atoms with Crippen LogP contribution < -0.4 is 15.5 Å². The summed E-state index contributed by atoms with van der Waals surface area (Å²) in [4.78, 5) is 49.1. The lowest BCUT2D eigenvalue weighted by Crippen LogP contribution is -2.70. The van der Waals surface area contributed by atoms with Gasteiger partial charge in [0.25, 0.3) is 5.69 Å². The fraction of sp³-hybridized carbons (Fsp3) is 0.400. The first-order valence-corrected chi connectivity index (χ1v) is 7.64. The van der Waals surface area contributed by atoms with Crippen molar-refractivity contribution in [2.75, 3.05) is 11.4 Å². The maximum atomic E-state index is 12.6. The Bertz CT molecular complexity index is 785. The van der Waals surface area contributed by atoms with Gasteiger partial charge in [0.1, 0.15) is 0 Å². The largest absolute Gasteiger partial charge is 0.367 e. The number of urea groups is 1.